The predicted octanol–water partition coefficient (Wildman–Crippen LogP) is 0.676. The number of nitro benzene ring substituents is 2. The van der Waals surface area contributed by atoms with E-state index in [2.05, 4.69) is 4.18 Å². The first kappa shape index (κ1) is 12.0. The first-order chi connectivity index (χ1) is 7.41. The van der Waals surface area contributed by atoms with Crippen molar-refractivity contribution in [3.05, 3.63) is 38.4 Å². The van der Waals surface area contributed by atoms with E-state index in [9.17, 15) is 29.0 Å². The molecule has 1 atom stereocenters. The molecule has 0 saturated carbocycles. The molecule has 1 rings (SSSR count). The third kappa shape index (κ3) is 2.71. The second-order valence-corrected chi connectivity index (χ2v) is 3.03. The van der Waals surface area contributed by atoms with Gasteiger partial charge < -0.3 is 8.74 Å². The van der Waals surface area contributed by atoms with E-state index in [1.807, 2.05) is 0 Å². The van der Waals surface area contributed by atoms with Gasteiger partial charge in [-0.05, 0) is 6.07 Å². The molecule has 1 aromatic rings. The zero-order valence-electron chi connectivity index (χ0n) is 7.39. The van der Waals surface area contributed by atoms with Crippen molar-refractivity contribution in [1.29, 1.82) is 0 Å². The molecule has 0 N–H and O–H groups in total. The number of nitrogens with zero attached hydrogens (tertiary/aromatic N) is 2. The molecule has 9 nitrogen and oxygen atoms in total. The maximum Gasteiger partial charge on any atom is 0.319 e. The van der Waals surface area contributed by atoms with Crippen LogP contribution in [0.25, 0.3) is 0 Å². The zero-order chi connectivity index (χ0) is 12.3. The average molecular weight is 247 g/mol. The third-order valence-electron chi connectivity index (χ3n) is 1.51. The van der Waals surface area contributed by atoms with E-state index >= 15 is 0 Å². The second-order valence-electron chi connectivity index (χ2n) is 2.45. The Labute approximate surface area is 90.4 Å². The summed E-state index contributed by atoms with van der Waals surface area (Å²) < 4.78 is 24.5. The molecule has 1 unspecified atom stereocenters. The maximum absolute atomic E-state index is 10.5. The monoisotopic (exact) mass is 247 g/mol. The number of rotatable bonds is 4. The van der Waals surface area contributed by atoms with Crippen LogP contribution in [0.4, 0.5) is 11.4 Å². The van der Waals surface area contributed by atoms with Gasteiger partial charge in [0.05, 0.1) is 15.9 Å². The molecule has 10 heteroatoms. The van der Waals surface area contributed by atoms with E-state index in [0.29, 0.717) is 6.07 Å². The number of benzene rings is 1. The van der Waals surface area contributed by atoms with Crippen LogP contribution in [0.1, 0.15) is 0 Å². The highest BCUT2D eigenvalue weighted by atomic mass is 32.2. The van der Waals surface area contributed by atoms with Crippen molar-refractivity contribution in [1.82, 2.24) is 0 Å². The van der Waals surface area contributed by atoms with E-state index in [-0.39, 0.29) is 0 Å². The summed E-state index contributed by atoms with van der Waals surface area (Å²) in [6.45, 7) is 0. The van der Waals surface area contributed by atoms with Gasteiger partial charge in [0, 0.05) is 6.07 Å². The van der Waals surface area contributed by atoms with Crippen molar-refractivity contribution in [2.45, 2.75) is 0 Å². The van der Waals surface area contributed by atoms with Gasteiger partial charge in [0.15, 0.2) is 0 Å². The number of nitro groups is 2. The molecule has 86 valence electrons. The van der Waals surface area contributed by atoms with Gasteiger partial charge in [-0.2, -0.15) is 0 Å². The number of hydrogen-bond acceptors (Lipinski definition) is 7. The molecular weight excluding hydrogens is 244 g/mol. The average Bonchev–Trinajstić information content (AvgIpc) is 2.16. The summed E-state index contributed by atoms with van der Waals surface area (Å²) in [5, 5.41) is 20.8. The lowest BCUT2D eigenvalue weighted by atomic mass is 10.2. The van der Waals surface area contributed by atoms with Crippen molar-refractivity contribution >= 4 is 22.7 Å². The molecule has 0 spiro atoms. The van der Waals surface area contributed by atoms with Gasteiger partial charge in [-0.25, -0.2) is 4.21 Å². The Balaban J connectivity index is 3.24. The minimum absolute atomic E-state index is 0.532. The fraction of sp³-hybridized carbons (Fsp3) is 0. The van der Waals surface area contributed by atoms with Gasteiger partial charge >= 0.3 is 5.69 Å². The number of hydrogen-bond donors (Lipinski definition) is 0. The van der Waals surface area contributed by atoms with Gasteiger partial charge in [0.25, 0.3) is 5.69 Å². The second kappa shape index (κ2) is 4.63. The van der Waals surface area contributed by atoms with Crippen LogP contribution in [0.5, 0.6) is 5.75 Å². The van der Waals surface area contributed by atoms with Gasteiger partial charge in [-0.15, -0.1) is 0 Å². The van der Waals surface area contributed by atoms with Crippen LogP contribution in [-0.2, 0) is 11.4 Å². The molecule has 0 aliphatic rings. The third-order valence-corrected chi connectivity index (χ3v) is 1.82. The Bertz CT molecular complexity index is 474. The molecule has 0 aliphatic heterocycles. The molecule has 0 amide bonds. The van der Waals surface area contributed by atoms with Crippen LogP contribution in [0, 0.1) is 20.2 Å². The van der Waals surface area contributed by atoms with Crippen LogP contribution in [0.3, 0.4) is 0 Å². The smallest absolute Gasteiger partial charge is 0.319 e. The summed E-state index contributed by atoms with van der Waals surface area (Å²) in [7, 11) is 0. The number of non-ortho nitro benzene ring substituents is 1. The molecule has 0 aromatic heterocycles. The molecule has 0 fully saturated rings. The lowest BCUT2D eigenvalue weighted by molar-refractivity contribution is -0.394. The molecule has 0 aliphatic carbocycles. The van der Waals surface area contributed by atoms with Gasteiger partial charge in [0.2, 0.25) is 5.75 Å². The summed E-state index contributed by atoms with van der Waals surface area (Å²) in [5.41, 5.74) is -1.32. The standard InChI is InChI=1S/C6H4N2O7S/c9-7(10)4-1-2-6(15-16(13)14)5(3-4)8(11)12/h1-3H,(H,13,14)/p-1. The fourth-order valence-electron chi connectivity index (χ4n) is 0.906. The SMILES string of the molecule is O=[N+]([O-])c1ccc(OS(=O)[O-])c([N+](=O)[O-])c1. The van der Waals surface area contributed by atoms with Crippen molar-refractivity contribution in [2.75, 3.05) is 0 Å². The van der Waals surface area contributed by atoms with Gasteiger partial charge in [-0.3, -0.25) is 20.2 Å². The minimum Gasteiger partial charge on any atom is -0.740 e. The molecule has 0 heterocycles. The molecule has 1 aromatic carbocycles. The molecule has 0 bridgehead atoms. The Kier molecular flexibility index (Phi) is 3.48. The highest BCUT2D eigenvalue weighted by molar-refractivity contribution is 7.74. The molecule has 0 radical (unpaired) electrons. The Morgan fingerprint density at radius 2 is 1.81 bits per heavy atom. The first-order valence-corrected chi connectivity index (χ1v) is 4.62. The molecular formula is C6H3N2O7S-. The summed E-state index contributed by atoms with van der Waals surface area (Å²) >= 11 is -2.98. The highest BCUT2D eigenvalue weighted by Gasteiger charge is 2.20. The van der Waals surface area contributed by atoms with Crippen LogP contribution in [0.2, 0.25) is 0 Å². The lowest BCUT2D eigenvalue weighted by Crippen LogP contribution is -2.02. The summed E-state index contributed by atoms with van der Waals surface area (Å²) in [5.74, 6) is -0.580. The fourth-order valence-corrected chi connectivity index (χ4v) is 1.19. The van der Waals surface area contributed by atoms with Gasteiger partial charge in [-0.1, -0.05) is 0 Å². The summed E-state index contributed by atoms with van der Waals surface area (Å²) in [6, 6.07) is 2.35. The van der Waals surface area contributed by atoms with Crippen molar-refractivity contribution in [2.24, 2.45) is 0 Å². The van der Waals surface area contributed by atoms with Crippen LogP contribution >= 0.6 is 0 Å². The maximum atomic E-state index is 10.5. The van der Waals surface area contributed by atoms with E-state index < -0.39 is 38.3 Å². The zero-order valence-corrected chi connectivity index (χ0v) is 8.21. The van der Waals surface area contributed by atoms with Gasteiger partial charge in [0.1, 0.15) is 11.4 Å². The minimum atomic E-state index is -2.98. The quantitative estimate of drug-likeness (QED) is 0.433. The summed E-state index contributed by atoms with van der Waals surface area (Å²) in [6.07, 6.45) is 0. The Hall–Kier alpha value is -2.07. The molecule has 0 saturated heterocycles. The normalized spacial score (nSPS) is 11.8. The van der Waals surface area contributed by atoms with E-state index in [4.69, 9.17) is 0 Å². The largest absolute Gasteiger partial charge is 0.740 e. The predicted molar refractivity (Wildman–Crippen MR) is 49.3 cm³/mol. The van der Waals surface area contributed by atoms with E-state index in [0.717, 1.165) is 12.1 Å². The Morgan fingerprint density at radius 1 is 1.19 bits per heavy atom. The van der Waals surface area contributed by atoms with Crippen molar-refractivity contribution < 1.29 is 22.8 Å². The van der Waals surface area contributed by atoms with Crippen LogP contribution in [0.15, 0.2) is 18.2 Å². The topological polar surface area (TPSA) is 136 Å². The van der Waals surface area contributed by atoms with Crippen LogP contribution in [-0.4, -0.2) is 18.6 Å². The summed E-state index contributed by atoms with van der Waals surface area (Å²) in [4.78, 5) is 19.0. The molecule has 16 heavy (non-hydrogen) atoms. The lowest BCUT2D eigenvalue weighted by Gasteiger charge is -2.06. The first-order valence-electron chi connectivity index (χ1n) is 3.62. The van der Waals surface area contributed by atoms with Crippen LogP contribution < -0.4 is 4.18 Å². The Morgan fingerprint density at radius 3 is 2.25 bits per heavy atom. The van der Waals surface area contributed by atoms with Crippen molar-refractivity contribution in [3.8, 4) is 5.75 Å². The highest BCUT2D eigenvalue weighted by Crippen LogP contribution is 2.31. The van der Waals surface area contributed by atoms with E-state index in [1.165, 1.54) is 0 Å². The van der Waals surface area contributed by atoms with E-state index in [1.54, 1.807) is 0 Å². The van der Waals surface area contributed by atoms with Crippen molar-refractivity contribution in [3.63, 3.8) is 0 Å².